The van der Waals surface area contributed by atoms with Crippen molar-refractivity contribution in [3.05, 3.63) is 63.6 Å². The lowest BCUT2D eigenvalue weighted by Gasteiger charge is -2.15. The third kappa shape index (κ3) is 4.25. The number of aryl methyl sites for hydroxylation is 1. The summed E-state index contributed by atoms with van der Waals surface area (Å²) in [5, 5.41) is 9.00. The van der Waals surface area contributed by atoms with Crippen LogP contribution in [0.3, 0.4) is 0 Å². The molecule has 0 saturated carbocycles. The highest BCUT2D eigenvalue weighted by molar-refractivity contribution is 9.10. The Labute approximate surface area is 164 Å². The molecule has 0 atom stereocenters. The van der Waals surface area contributed by atoms with E-state index in [1.807, 2.05) is 13.1 Å². The minimum atomic E-state index is -0.169. The summed E-state index contributed by atoms with van der Waals surface area (Å²) in [7, 11) is 3.57. The molecule has 1 amide bonds. The van der Waals surface area contributed by atoms with Crippen LogP contribution in [0.4, 0.5) is 0 Å². The number of ether oxygens (including phenoxy) is 1. The second kappa shape index (κ2) is 7.92. The molecule has 0 aliphatic rings. The second-order valence-electron chi connectivity index (χ2n) is 5.70. The van der Waals surface area contributed by atoms with Crippen LogP contribution in [0.5, 0.6) is 5.75 Å². The van der Waals surface area contributed by atoms with Gasteiger partial charge in [-0.05, 0) is 46.3 Å². The number of hydrogen-bond acceptors (Lipinski definition) is 4. The van der Waals surface area contributed by atoms with E-state index in [1.165, 1.54) is 0 Å². The van der Waals surface area contributed by atoms with Crippen LogP contribution in [0.2, 0.25) is 5.02 Å². The highest BCUT2D eigenvalue weighted by Gasteiger charge is 2.16. The van der Waals surface area contributed by atoms with Crippen molar-refractivity contribution in [1.82, 2.24) is 24.5 Å². The molecule has 0 aliphatic carbocycles. The fraction of sp³-hybridized carbons (Fsp3) is 0.235. The van der Waals surface area contributed by atoms with Crippen LogP contribution in [0, 0.1) is 0 Å². The van der Waals surface area contributed by atoms with Crippen molar-refractivity contribution < 1.29 is 9.53 Å². The number of rotatable bonds is 6. The van der Waals surface area contributed by atoms with Gasteiger partial charge < -0.3 is 9.64 Å². The van der Waals surface area contributed by atoms with Gasteiger partial charge in [0, 0.05) is 31.5 Å². The number of carbonyl (C=O) groups is 1. The molecule has 7 nitrogen and oxygen atoms in total. The normalized spacial score (nSPS) is 10.8. The number of carbonyl (C=O) groups excluding carboxylic acids is 1. The third-order valence-corrected chi connectivity index (χ3v) is 4.63. The summed E-state index contributed by atoms with van der Waals surface area (Å²) < 4.78 is 9.74. The Balaban J connectivity index is 1.61. The van der Waals surface area contributed by atoms with Crippen molar-refractivity contribution in [2.45, 2.75) is 13.3 Å². The van der Waals surface area contributed by atoms with Crippen LogP contribution in [-0.2, 0) is 20.3 Å². The first-order valence-electron chi connectivity index (χ1n) is 7.77. The summed E-state index contributed by atoms with van der Waals surface area (Å²) in [4.78, 5) is 14.1. The molecular weight excluding hydrogens is 422 g/mol. The van der Waals surface area contributed by atoms with E-state index in [2.05, 4.69) is 26.1 Å². The molecule has 2 aromatic heterocycles. The first-order chi connectivity index (χ1) is 12.4. The second-order valence-corrected chi connectivity index (χ2v) is 6.99. The van der Waals surface area contributed by atoms with E-state index >= 15 is 0 Å². The van der Waals surface area contributed by atoms with E-state index in [0.29, 0.717) is 23.0 Å². The van der Waals surface area contributed by atoms with Gasteiger partial charge in [-0.15, -0.1) is 0 Å². The van der Waals surface area contributed by atoms with Gasteiger partial charge in [-0.2, -0.15) is 10.2 Å². The molecule has 0 radical (unpaired) electrons. The van der Waals surface area contributed by atoms with Crippen molar-refractivity contribution in [3.8, 4) is 5.75 Å². The highest BCUT2D eigenvalue weighted by atomic mass is 79.9. The lowest BCUT2D eigenvalue weighted by molar-refractivity contribution is 0.0774. The molecule has 2 heterocycles. The minimum absolute atomic E-state index is 0.169. The van der Waals surface area contributed by atoms with E-state index in [4.69, 9.17) is 16.3 Å². The van der Waals surface area contributed by atoms with E-state index in [9.17, 15) is 4.79 Å². The summed E-state index contributed by atoms with van der Waals surface area (Å²) >= 11 is 9.31. The van der Waals surface area contributed by atoms with Crippen molar-refractivity contribution >= 4 is 33.4 Å². The Morgan fingerprint density at radius 1 is 1.35 bits per heavy atom. The van der Waals surface area contributed by atoms with Crippen molar-refractivity contribution in [1.29, 1.82) is 0 Å². The third-order valence-electron chi connectivity index (χ3n) is 3.77. The van der Waals surface area contributed by atoms with E-state index in [-0.39, 0.29) is 12.6 Å². The van der Waals surface area contributed by atoms with E-state index < -0.39 is 0 Å². The Morgan fingerprint density at radius 3 is 2.85 bits per heavy atom. The quantitative estimate of drug-likeness (QED) is 0.592. The number of hydrogen-bond donors (Lipinski definition) is 0. The summed E-state index contributed by atoms with van der Waals surface area (Å²) in [6, 6.07) is 8.81. The largest absolute Gasteiger partial charge is 0.470 e. The van der Waals surface area contributed by atoms with E-state index in [0.717, 1.165) is 10.2 Å². The number of halogens is 2. The average molecular weight is 439 g/mol. The highest BCUT2D eigenvalue weighted by Crippen LogP contribution is 2.28. The molecule has 0 fully saturated rings. The molecular formula is C17H17BrClN5O2. The first kappa shape index (κ1) is 18.5. The molecule has 0 N–H and O–H groups in total. The predicted octanol–water partition coefficient (Wildman–Crippen LogP) is 3.34. The number of amides is 1. The fourth-order valence-electron chi connectivity index (χ4n) is 2.34. The Morgan fingerprint density at radius 2 is 2.15 bits per heavy atom. The fourth-order valence-corrected chi connectivity index (χ4v) is 3.14. The lowest BCUT2D eigenvalue weighted by Crippen LogP contribution is -2.27. The SMILES string of the molecule is CN(Cc1ccnn1C)C(=O)c1ccn(COc2ccc(Cl)cc2Br)n1. The van der Waals surface area contributed by atoms with Crippen LogP contribution in [0.25, 0.3) is 0 Å². The van der Waals surface area contributed by atoms with Crippen LogP contribution in [0.15, 0.2) is 47.2 Å². The van der Waals surface area contributed by atoms with Crippen LogP contribution >= 0.6 is 27.5 Å². The van der Waals surface area contributed by atoms with Gasteiger partial charge in [-0.3, -0.25) is 9.48 Å². The Kier molecular flexibility index (Phi) is 5.63. The molecule has 1 aromatic carbocycles. The van der Waals surface area contributed by atoms with Crippen LogP contribution in [0.1, 0.15) is 16.2 Å². The maximum absolute atomic E-state index is 12.5. The van der Waals surface area contributed by atoms with Gasteiger partial charge in [0.2, 0.25) is 0 Å². The predicted molar refractivity (Wildman–Crippen MR) is 101 cm³/mol. The number of nitrogens with zero attached hydrogens (tertiary/aromatic N) is 5. The molecule has 3 rings (SSSR count). The summed E-state index contributed by atoms with van der Waals surface area (Å²) in [6.45, 7) is 0.634. The van der Waals surface area contributed by atoms with E-state index in [1.54, 1.807) is 58.0 Å². The van der Waals surface area contributed by atoms with Crippen LogP contribution < -0.4 is 4.74 Å². The molecule has 0 spiro atoms. The summed E-state index contributed by atoms with van der Waals surface area (Å²) in [5.74, 6) is 0.476. The summed E-state index contributed by atoms with van der Waals surface area (Å²) in [5.41, 5.74) is 1.30. The number of benzene rings is 1. The Hall–Kier alpha value is -2.32. The van der Waals surface area contributed by atoms with Crippen molar-refractivity contribution in [3.63, 3.8) is 0 Å². The van der Waals surface area contributed by atoms with Crippen molar-refractivity contribution in [2.24, 2.45) is 7.05 Å². The van der Waals surface area contributed by atoms with Gasteiger partial charge in [0.05, 0.1) is 16.7 Å². The zero-order chi connectivity index (χ0) is 18.7. The molecule has 3 aromatic rings. The zero-order valence-corrected chi connectivity index (χ0v) is 16.6. The number of aromatic nitrogens is 4. The van der Waals surface area contributed by atoms with Gasteiger partial charge in [0.15, 0.2) is 12.4 Å². The van der Waals surface area contributed by atoms with Gasteiger partial charge in [-0.25, -0.2) is 4.68 Å². The molecule has 9 heteroatoms. The standard InChI is InChI=1S/C17H17BrClN5O2/c1-22(10-13-5-7-20-23(13)2)17(25)15-6-8-24(21-15)11-26-16-4-3-12(19)9-14(16)18/h3-9H,10-11H2,1-2H3. The molecule has 136 valence electrons. The summed E-state index contributed by atoms with van der Waals surface area (Å²) in [6.07, 6.45) is 3.41. The van der Waals surface area contributed by atoms with Gasteiger partial charge in [-0.1, -0.05) is 11.6 Å². The maximum Gasteiger partial charge on any atom is 0.274 e. The minimum Gasteiger partial charge on any atom is -0.470 e. The topological polar surface area (TPSA) is 65.2 Å². The Bertz CT molecular complexity index is 924. The molecule has 0 saturated heterocycles. The van der Waals surface area contributed by atoms with Crippen molar-refractivity contribution in [2.75, 3.05) is 7.05 Å². The molecule has 26 heavy (non-hydrogen) atoms. The first-order valence-corrected chi connectivity index (χ1v) is 8.95. The lowest BCUT2D eigenvalue weighted by atomic mass is 10.3. The van der Waals surface area contributed by atoms with Gasteiger partial charge in [0.25, 0.3) is 5.91 Å². The monoisotopic (exact) mass is 437 g/mol. The maximum atomic E-state index is 12.5. The molecule has 0 bridgehead atoms. The smallest absolute Gasteiger partial charge is 0.274 e. The molecule has 0 unspecified atom stereocenters. The average Bonchev–Trinajstić information content (AvgIpc) is 3.23. The zero-order valence-electron chi connectivity index (χ0n) is 14.3. The van der Waals surface area contributed by atoms with Gasteiger partial charge in [0.1, 0.15) is 5.75 Å². The molecule has 0 aliphatic heterocycles. The van der Waals surface area contributed by atoms with Crippen LogP contribution in [-0.4, -0.2) is 37.4 Å². The van der Waals surface area contributed by atoms with Gasteiger partial charge >= 0.3 is 0 Å².